The number of nitrogens with zero attached hydrogens (tertiary/aromatic N) is 3. The highest BCUT2D eigenvalue weighted by Gasteiger charge is 2.24. The smallest absolute Gasteiger partial charge is 0.342 e. The number of carboxylic acid groups (broad SMARTS) is 1. The van der Waals surface area contributed by atoms with Crippen molar-refractivity contribution in [2.45, 2.75) is 6.61 Å². The van der Waals surface area contributed by atoms with Gasteiger partial charge in [-0.2, -0.15) is 4.98 Å². The molecule has 1 aromatic carbocycles. The Morgan fingerprint density at radius 3 is 2.76 bits per heavy atom. The van der Waals surface area contributed by atoms with Crippen molar-refractivity contribution in [2.75, 3.05) is 7.11 Å². The van der Waals surface area contributed by atoms with E-state index >= 15 is 0 Å². The monoisotopic (exact) mass is 295 g/mol. The summed E-state index contributed by atoms with van der Waals surface area (Å²) < 4.78 is 14.8. The first kappa shape index (κ1) is 14.2. The summed E-state index contributed by atoms with van der Waals surface area (Å²) in [6.07, 6.45) is 1.10. The fourth-order valence-corrected chi connectivity index (χ4v) is 1.54. The molecule has 21 heavy (non-hydrogen) atoms. The Bertz CT molecular complexity index is 669. The maximum Gasteiger partial charge on any atom is 0.342 e. The summed E-state index contributed by atoms with van der Waals surface area (Å²) in [7, 11) is 1.29. The van der Waals surface area contributed by atoms with Crippen LogP contribution in [-0.2, 0) is 6.61 Å². The van der Waals surface area contributed by atoms with Crippen LogP contribution in [0.5, 0.6) is 11.5 Å². The van der Waals surface area contributed by atoms with Crippen LogP contribution < -0.4 is 9.47 Å². The van der Waals surface area contributed by atoms with E-state index in [9.17, 15) is 14.9 Å². The maximum atomic E-state index is 11.0. The molecule has 10 heteroatoms. The minimum absolute atomic E-state index is 0.000926. The fraction of sp³-hybridized carbons (Fsp3) is 0.182. The number of nitro groups is 1. The van der Waals surface area contributed by atoms with E-state index in [0.717, 1.165) is 18.5 Å². The number of rotatable bonds is 6. The van der Waals surface area contributed by atoms with Crippen LogP contribution in [0, 0.1) is 10.1 Å². The van der Waals surface area contributed by atoms with Crippen molar-refractivity contribution in [3.63, 3.8) is 0 Å². The number of carbonyl (C=O) groups is 1. The van der Waals surface area contributed by atoms with Crippen molar-refractivity contribution in [1.29, 1.82) is 0 Å². The molecule has 0 saturated heterocycles. The molecule has 0 saturated carbocycles. The van der Waals surface area contributed by atoms with Crippen LogP contribution in [0.3, 0.4) is 0 Å². The third-order valence-electron chi connectivity index (χ3n) is 2.47. The Kier molecular flexibility index (Phi) is 3.97. The Hall–Kier alpha value is -3.17. The summed E-state index contributed by atoms with van der Waals surface area (Å²) in [5.74, 6) is -1.17. The highest BCUT2D eigenvalue weighted by Crippen LogP contribution is 2.35. The van der Waals surface area contributed by atoms with Gasteiger partial charge in [-0.25, -0.2) is 4.79 Å². The van der Waals surface area contributed by atoms with Gasteiger partial charge >= 0.3 is 5.97 Å². The highest BCUT2D eigenvalue weighted by atomic mass is 16.6. The van der Waals surface area contributed by atoms with E-state index in [0.29, 0.717) is 0 Å². The van der Waals surface area contributed by atoms with Crippen LogP contribution in [0.15, 0.2) is 23.0 Å². The molecule has 0 spiro atoms. The van der Waals surface area contributed by atoms with Crippen molar-refractivity contribution >= 4 is 11.7 Å². The lowest BCUT2D eigenvalue weighted by Crippen LogP contribution is -2.06. The SMILES string of the molecule is COc1cc(C(=O)O)c([N+](=O)[O-])cc1OCc1ncon1. The number of aromatic carboxylic acids is 1. The number of hydrogen-bond donors (Lipinski definition) is 1. The van der Waals surface area contributed by atoms with E-state index < -0.39 is 22.1 Å². The molecule has 1 aromatic heterocycles. The van der Waals surface area contributed by atoms with Crippen molar-refractivity contribution in [2.24, 2.45) is 0 Å². The molecule has 10 nitrogen and oxygen atoms in total. The normalized spacial score (nSPS) is 10.1. The van der Waals surface area contributed by atoms with Crippen molar-refractivity contribution in [3.05, 3.63) is 40.0 Å². The van der Waals surface area contributed by atoms with Gasteiger partial charge in [-0.3, -0.25) is 10.1 Å². The van der Waals surface area contributed by atoms with Gasteiger partial charge in [0.25, 0.3) is 5.69 Å². The van der Waals surface area contributed by atoms with Gasteiger partial charge in [-0.15, -0.1) is 0 Å². The molecule has 1 N–H and O–H groups in total. The first-order valence-electron chi connectivity index (χ1n) is 5.50. The van der Waals surface area contributed by atoms with E-state index in [4.69, 9.17) is 14.6 Å². The zero-order valence-electron chi connectivity index (χ0n) is 10.7. The third kappa shape index (κ3) is 3.05. The number of nitro benzene ring substituents is 1. The predicted molar refractivity (Wildman–Crippen MR) is 65.2 cm³/mol. The van der Waals surface area contributed by atoms with Crippen LogP contribution in [0.4, 0.5) is 5.69 Å². The van der Waals surface area contributed by atoms with E-state index in [1.807, 2.05) is 0 Å². The number of ether oxygens (including phenoxy) is 2. The molecule has 0 aliphatic carbocycles. The second kappa shape index (κ2) is 5.86. The molecule has 0 bridgehead atoms. The van der Waals surface area contributed by atoms with Gasteiger partial charge in [0.1, 0.15) is 5.56 Å². The Labute approximate surface area is 117 Å². The Morgan fingerprint density at radius 2 is 2.24 bits per heavy atom. The molecular weight excluding hydrogens is 286 g/mol. The average Bonchev–Trinajstić information content (AvgIpc) is 2.97. The molecule has 0 atom stereocenters. The van der Waals surface area contributed by atoms with Gasteiger partial charge in [0.15, 0.2) is 18.1 Å². The Balaban J connectivity index is 2.37. The number of benzene rings is 1. The molecule has 2 aromatic rings. The van der Waals surface area contributed by atoms with Crippen molar-refractivity contribution in [3.8, 4) is 11.5 Å². The molecule has 0 aliphatic rings. The van der Waals surface area contributed by atoms with Crippen LogP contribution in [0.2, 0.25) is 0 Å². The number of methoxy groups -OCH3 is 1. The zero-order valence-corrected chi connectivity index (χ0v) is 10.7. The standard InChI is InChI=1S/C11H9N3O7/c1-19-8-2-6(11(15)16)7(14(17)18)3-9(8)20-4-10-12-5-21-13-10/h2-3,5H,4H2,1H3,(H,15,16). The molecule has 0 amide bonds. The number of aromatic nitrogens is 2. The van der Waals surface area contributed by atoms with E-state index in [2.05, 4.69) is 14.7 Å². The minimum atomic E-state index is -1.44. The molecule has 0 radical (unpaired) electrons. The van der Waals surface area contributed by atoms with Gasteiger partial charge in [0, 0.05) is 6.07 Å². The minimum Gasteiger partial charge on any atom is -0.493 e. The lowest BCUT2D eigenvalue weighted by molar-refractivity contribution is -0.385. The lowest BCUT2D eigenvalue weighted by Gasteiger charge is -2.10. The van der Waals surface area contributed by atoms with Crippen LogP contribution in [0.1, 0.15) is 16.2 Å². The molecule has 2 rings (SSSR count). The number of carboxylic acids is 1. The van der Waals surface area contributed by atoms with E-state index in [1.54, 1.807) is 0 Å². The van der Waals surface area contributed by atoms with Crippen LogP contribution >= 0.6 is 0 Å². The average molecular weight is 295 g/mol. The highest BCUT2D eigenvalue weighted by molar-refractivity contribution is 5.93. The molecule has 0 unspecified atom stereocenters. The quantitative estimate of drug-likeness (QED) is 0.616. The van der Waals surface area contributed by atoms with Crippen LogP contribution in [-0.4, -0.2) is 33.2 Å². The summed E-state index contributed by atoms with van der Waals surface area (Å²) in [6, 6.07) is 1.99. The van der Waals surface area contributed by atoms with Crippen LogP contribution in [0.25, 0.3) is 0 Å². The first-order valence-corrected chi connectivity index (χ1v) is 5.50. The van der Waals surface area contributed by atoms with Gasteiger partial charge in [-0.1, -0.05) is 5.16 Å². The van der Waals surface area contributed by atoms with Gasteiger partial charge in [0.05, 0.1) is 18.1 Å². The summed E-state index contributed by atoms with van der Waals surface area (Å²) in [5.41, 5.74) is -1.10. The van der Waals surface area contributed by atoms with Gasteiger partial charge < -0.3 is 19.1 Å². The maximum absolute atomic E-state index is 11.0. The lowest BCUT2D eigenvalue weighted by atomic mass is 10.1. The molecule has 1 heterocycles. The molecular formula is C11H9N3O7. The second-order valence-corrected chi connectivity index (χ2v) is 3.72. The Morgan fingerprint density at radius 1 is 1.48 bits per heavy atom. The summed E-state index contributed by atoms with van der Waals surface area (Å²) in [5, 5.41) is 23.4. The van der Waals surface area contributed by atoms with Gasteiger partial charge in [0.2, 0.25) is 12.2 Å². The van der Waals surface area contributed by atoms with Crippen molar-refractivity contribution in [1.82, 2.24) is 10.1 Å². The van der Waals surface area contributed by atoms with E-state index in [1.165, 1.54) is 7.11 Å². The summed E-state index contributed by atoms with van der Waals surface area (Å²) in [4.78, 5) is 24.8. The summed E-state index contributed by atoms with van der Waals surface area (Å²) >= 11 is 0. The largest absolute Gasteiger partial charge is 0.493 e. The second-order valence-electron chi connectivity index (χ2n) is 3.72. The predicted octanol–water partition coefficient (Wildman–Crippen LogP) is 1.26. The molecule has 110 valence electrons. The third-order valence-corrected chi connectivity index (χ3v) is 2.47. The summed E-state index contributed by atoms with van der Waals surface area (Å²) in [6.45, 7) is -0.115. The molecule has 0 aliphatic heterocycles. The van der Waals surface area contributed by atoms with Crippen molar-refractivity contribution < 1.29 is 28.8 Å². The first-order chi connectivity index (χ1) is 10.0. The molecule has 0 fully saturated rings. The van der Waals surface area contributed by atoms with E-state index in [-0.39, 0.29) is 23.9 Å². The van der Waals surface area contributed by atoms with Gasteiger partial charge in [-0.05, 0) is 0 Å². The fourth-order valence-electron chi connectivity index (χ4n) is 1.54. The topological polar surface area (TPSA) is 138 Å². The number of hydrogen-bond acceptors (Lipinski definition) is 8. The zero-order chi connectivity index (χ0) is 15.4.